The lowest BCUT2D eigenvalue weighted by Gasteiger charge is -2.35. The maximum Gasteiger partial charge on any atom is 0.317 e. The van der Waals surface area contributed by atoms with E-state index in [1.54, 1.807) is 36.1 Å². The van der Waals surface area contributed by atoms with E-state index in [1.807, 2.05) is 13.0 Å². The maximum atomic E-state index is 12.8. The third-order valence-electron chi connectivity index (χ3n) is 4.01. The van der Waals surface area contributed by atoms with Crippen molar-refractivity contribution in [2.24, 2.45) is 0 Å². The average molecular weight is 336 g/mol. The molecule has 1 N–H and O–H groups in total. The van der Waals surface area contributed by atoms with E-state index >= 15 is 0 Å². The van der Waals surface area contributed by atoms with Crippen LogP contribution in [0.5, 0.6) is 5.75 Å². The summed E-state index contributed by atoms with van der Waals surface area (Å²) in [5, 5.41) is 8.82. The zero-order chi connectivity index (χ0) is 17.7. The van der Waals surface area contributed by atoms with Gasteiger partial charge in [-0.3, -0.25) is 14.5 Å². The van der Waals surface area contributed by atoms with Crippen LogP contribution >= 0.6 is 0 Å². The first kappa shape index (κ1) is 18.2. The second-order valence-corrected chi connectivity index (χ2v) is 6.02. The number of amides is 1. The van der Waals surface area contributed by atoms with Gasteiger partial charge in [-0.2, -0.15) is 0 Å². The lowest BCUT2D eigenvalue weighted by Crippen LogP contribution is -2.49. The predicted octanol–water partition coefficient (Wildman–Crippen LogP) is 0.861. The highest BCUT2D eigenvalue weighted by Crippen LogP contribution is 2.19. The summed E-state index contributed by atoms with van der Waals surface area (Å²) in [6.07, 6.45) is -0.189. The fraction of sp³-hybridized carbons (Fsp3) is 0.529. The summed E-state index contributed by atoms with van der Waals surface area (Å²) in [5.74, 6) is -0.196. The van der Waals surface area contributed by atoms with Gasteiger partial charge in [-0.15, -0.1) is 0 Å². The Morgan fingerprint density at radius 3 is 2.83 bits per heavy atom. The Kier molecular flexibility index (Phi) is 6.16. The summed E-state index contributed by atoms with van der Waals surface area (Å²) in [4.78, 5) is 26.9. The molecule has 1 amide bonds. The number of aryl methyl sites for hydroxylation is 1. The minimum atomic E-state index is -0.880. The fourth-order valence-corrected chi connectivity index (χ4v) is 2.83. The smallest absolute Gasteiger partial charge is 0.317 e. The normalized spacial score (nSPS) is 17.8. The molecule has 0 saturated carbocycles. The van der Waals surface area contributed by atoms with Crippen LogP contribution in [0.3, 0.4) is 0 Å². The molecule has 1 aromatic rings. The van der Waals surface area contributed by atoms with Crippen molar-refractivity contribution in [3.05, 3.63) is 29.3 Å². The maximum absolute atomic E-state index is 12.8. The van der Waals surface area contributed by atoms with Gasteiger partial charge in [0.05, 0.1) is 26.4 Å². The third-order valence-corrected chi connectivity index (χ3v) is 4.01. The number of carboxylic acids is 1. The monoisotopic (exact) mass is 336 g/mol. The van der Waals surface area contributed by atoms with Gasteiger partial charge in [-0.1, -0.05) is 0 Å². The first-order chi connectivity index (χ1) is 11.4. The summed E-state index contributed by atoms with van der Waals surface area (Å²) in [6, 6.07) is 5.39. The van der Waals surface area contributed by atoms with E-state index in [0.29, 0.717) is 31.8 Å². The van der Waals surface area contributed by atoms with Crippen molar-refractivity contribution >= 4 is 11.9 Å². The van der Waals surface area contributed by atoms with Crippen LogP contribution in [-0.4, -0.2) is 79.8 Å². The summed E-state index contributed by atoms with van der Waals surface area (Å²) in [7, 11) is 3.32. The van der Waals surface area contributed by atoms with Crippen LogP contribution in [0.4, 0.5) is 0 Å². The molecule has 7 nitrogen and oxygen atoms in total. The van der Waals surface area contributed by atoms with E-state index in [0.717, 1.165) is 11.3 Å². The van der Waals surface area contributed by atoms with Crippen LogP contribution < -0.4 is 4.74 Å². The molecule has 7 heteroatoms. The van der Waals surface area contributed by atoms with E-state index in [1.165, 1.54) is 0 Å². The lowest BCUT2D eigenvalue weighted by molar-refractivity contribution is -0.138. The molecular formula is C17H24N2O5. The molecule has 1 unspecified atom stereocenters. The van der Waals surface area contributed by atoms with E-state index in [4.69, 9.17) is 14.6 Å². The van der Waals surface area contributed by atoms with E-state index in [-0.39, 0.29) is 18.6 Å². The van der Waals surface area contributed by atoms with E-state index in [9.17, 15) is 9.59 Å². The summed E-state index contributed by atoms with van der Waals surface area (Å²) < 4.78 is 10.8. The van der Waals surface area contributed by atoms with E-state index < -0.39 is 5.97 Å². The van der Waals surface area contributed by atoms with Crippen LogP contribution in [-0.2, 0) is 9.53 Å². The topological polar surface area (TPSA) is 79.3 Å². The first-order valence-electron chi connectivity index (χ1n) is 7.86. The molecule has 1 saturated heterocycles. The van der Waals surface area contributed by atoms with Gasteiger partial charge in [0.2, 0.25) is 0 Å². The van der Waals surface area contributed by atoms with Gasteiger partial charge in [-0.25, -0.2) is 0 Å². The molecular weight excluding hydrogens is 312 g/mol. The Hall–Kier alpha value is -2.12. The minimum absolute atomic E-state index is 0.0376. The van der Waals surface area contributed by atoms with Crippen molar-refractivity contribution in [2.45, 2.75) is 13.0 Å². The number of aliphatic carboxylic acids is 1. The number of rotatable bonds is 6. The molecule has 1 aromatic carbocycles. The largest absolute Gasteiger partial charge is 0.497 e. The number of ether oxygens (including phenoxy) is 2. The Bertz CT molecular complexity index is 605. The zero-order valence-corrected chi connectivity index (χ0v) is 14.3. The fourth-order valence-electron chi connectivity index (χ4n) is 2.83. The van der Waals surface area contributed by atoms with Crippen LogP contribution in [0.2, 0.25) is 0 Å². The second kappa shape index (κ2) is 8.12. The van der Waals surface area contributed by atoms with Gasteiger partial charge in [0, 0.05) is 25.2 Å². The number of benzene rings is 1. The molecule has 1 aliphatic rings. The quantitative estimate of drug-likeness (QED) is 0.830. The average Bonchev–Trinajstić information content (AvgIpc) is 2.53. The van der Waals surface area contributed by atoms with E-state index in [2.05, 4.69) is 0 Å². The highest BCUT2D eigenvalue weighted by Gasteiger charge is 2.27. The molecule has 0 bridgehead atoms. The summed E-state index contributed by atoms with van der Waals surface area (Å²) >= 11 is 0. The molecule has 1 aliphatic heterocycles. The number of nitrogens with zero attached hydrogens (tertiary/aromatic N) is 2. The van der Waals surface area contributed by atoms with Gasteiger partial charge >= 0.3 is 5.97 Å². The lowest BCUT2D eigenvalue weighted by atomic mass is 10.1. The predicted molar refractivity (Wildman–Crippen MR) is 88.5 cm³/mol. The molecule has 0 aliphatic carbocycles. The van der Waals surface area contributed by atoms with Crippen LogP contribution in [0.15, 0.2) is 18.2 Å². The Morgan fingerprint density at radius 1 is 1.46 bits per heavy atom. The number of carbonyl (C=O) groups is 2. The van der Waals surface area contributed by atoms with Gasteiger partial charge in [0.15, 0.2) is 0 Å². The van der Waals surface area contributed by atoms with Crippen LogP contribution in [0, 0.1) is 6.92 Å². The number of hydrogen-bond acceptors (Lipinski definition) is 5. The molecule has 24 heavy (non-hydrogen) atoms. The van der Waals surface area contributed by atoms with Crippen molar-refractivity contribution < 1.29 is 24.2 Å². The third kappa shape index (κ3) is 4.69. The molecule has 1 fully saturated rings. The molecule has 0 radical (unpaired) electrons. The molecule has 0 spiro atoms. The number of carboxylic acid groups (broad SMARTS) is 1. The minimum Gasteiger partial charge on any atom is -0.497 e. The Labute approximate surface area is 141 Å². The molecule has 1 heterocycles. The highest BCUT2D eigenvalue weighted by molar-refractivity contribution is 5.95. The molecule has 2 rings (SSSR count). The van der Waals surface area contributed by atoms with Gasteiger partial charge in [0.1, 0.15) is 5.75 Å². The Balaban J connectivity index is 2.01. The van der Waals surface area contributed by atoms with Crippen LogP contribution in [0.25, 0.3) is 0 Å². The Morgan fingerprint density at radius 2 is 2.21 bits per heavy atom. The van der Waals surface area contributed by atoms with Crippen molar-refractivity contribution in [3.8, 4) is 5.75 Å². The van der Waals surface area contributed by atoms with Crippen molar-refractivity contribution in [1.29, 1.82) is 0 Å². The molecule has 1 atom stereocenters. The molecule has 0 aromatic heterocycles. The number of hydrogen-bond donors (Lipinski definition) is 1. The SMILES string of the molecule is COc1ccc(C(=O)N2CCOC(CN(C)CC(=O)O)C2)c(C)c1. The van der Waals surface area contributed by atoms with Gasteiger partial charge in [-0.05, 0) is 37.7 Å². The first-order valence-corrected chi connectivity index (χ1v) is 7.86. The highest BCUT2D eigenvalue weighted by atomic mass is 16.5. The van der Waals surface area contributed by atoms with Gasteiger partial charge in [0.25, 0.3) is 5.91 Å². The second-order valence-electron chi connectivity index (χ2n) is 6.02. The number of methoxy groups -OCH3 is 1. The van der Waals surface area contributed by atoms with Crippen molar-refractivity contribution in [1.82, 2.24) is 9.80 Å². The van der Waals surface area contributed by atoms with Crippen molar-refractivity contribution in [2.75, 3.05) is 46.9 Å². The van der Waals surface area contributed by atoms with Crippen molar-refractivity contribution in [3.63, 3.8) is 0 Å². The van der Waals surface area contributed by atoms with Crippen LogP contribution in [0.1, 0.15) is 15.9 Å². The zero-order valence-electron chi connectivity index (χ0n) is 14.3. The van der Waals surface area contributed by atoms with Gasteiger partial charge < -0.3 is 19.5 Å². The summed E-state index contributed by atoms with van der Waals surface area (Å²) in [5.41, 5.74) is 1.51. The summed E-state index contributed by atoms with van der Waals surface area (Å²) in [6.45, 7) is 3.74. The number of morpholine rings is 1. The standard InChI is InChI=1S/C17H24N2O5/c1-12-8-13(23-3)4-5-15(12)17(22)19-6-7-24-14(10-19)9-18(2)11-16(20)21/h4-5,8,14H,6-7,9-11H2,1-3H3,(H,20,21). The number of carbonyl (C=O) groups excluding carboxylic acids is 1. The number of likely N-dealkylation sites (N-methyl/N-ethyl adjacent to an activating group) is 1. The molecule has 132 valence electrons.